The molecule has 0 aromatic heterocycles. The number of ether oxygens (including phenoxy) is 4. The van der Waals surface area contributed by atoms with Gasteiger partial charge in [-0.25, -0.2) is 4.79 Å². The Morgan fingerprint density at radius 3 is 2.27 bits per heavy atom. The van der Waals surface area contributed by atoms with Crippen LogP contribution in [0.25, 0.3) is 0 Å². The quantitative estimate of drug-likeness (QED) is 0.107. The monoisotopic (exact) mass is 537 g/mol. The zero-order valence-electron chi connectivity index (χ0n) is 20.9. The number of aliphatic hydroxyl groups excluding tert-OH is 4. The largest absolute Gasteiger partial charge is 0.479 e. The summed E-state index contributed by atoms with van der Waals surface area (Å²) in [7, 11) is 0. The molecule has 2 aliphatic heterocycles. The fourth-order valence-electron chi connectivity index (χ4n) is 4.07. The van der Waals surface area contributed by atoms with E-state index in [4.69, 9.17) is 24.7 Å². The van der Waals surface area contributed by atoms with Gasteiger partial charge < -0.3 is 60.8 Å². The second kappa shape index (κ2) is 14.8. The van der Waals surface area contributed by atoms with Gasteiger partial charge in [-0.2, -0.15) is 0 Å². The molecule has 0 spiro atoms. The lowest BCUT2D eigenvalue weighted by molar-refractivity contribution is -0.348. The second-order valence-electron chi connectivity index (χ2n) is 9.08. The number of aliphatic hydroxyl groups is 4. The summed E-state index contributed by atoms with van der Waals surface area (Å²) in [5.41, 5.74) is 5.42. The molecule has 5 unspecified atom stereocenters. The van der Waals surface area contributed by atoms with Crippen LogP contribution in [0.1, 0.15) is 39.5 Å². The Labute approximate surface area is 214 Å². The first-order valence-corrected chi connectivity index (χ1v) is 12.2. The Bertz CT molecular complexity index is 758. The Morgan fingerprint density at radius 1 is 0.946 bits per heavy atom. The van der Waals surface area contributed by atoms with E-state index in [1.807, 2.05) is 0 Å². The van der Waals surface area contributed by atoms with Crippen molar-refractivity contribution in [1.29, 1.82) is 0 Å². The first kappa shape index (κ1) is 31.3. The molecule has 0 aromatic rings. The number of aliphatic carboxylic acids is 1. The standard InChI is InChI=1S/C22H39N3O12/c1-10-14(28)15(29)13(25-11(2)26)21(35-10)37-19-17(31)16(30)18(20(32)33)36-22(19)34-9-8-24-12(27)6-4-3-5-7-23/h10,13-19,21-22,28-31H,3-9,23H2,1-2H3,(H,24,27)(H,25,26)(H,32,33)/t10?,13-,14+,15?,16-,17?,18?,19?,21-,22+/m0/s1. The molecular formula is C22H39N3O12. The van der Waals surface area contributed by atoms with Gasteiger partial charge in [0.25, 0.3) is 0 Å². The van der Waals surface area contributed by atoms with Crippen molar-refractivity contribution in [2.45, 2.75) is 101 Å². The Kier molecular flexibility index (Phi) is 12.5. The van der Waals surface area contributed by atoms with Crippen LogP contribution >= 0.6 is 0 Å². The van der Waals surface area contributed by atoms with Crippen LogP contribution in [0, 0.1) is 0 Å². The molecule has 2 heterocycles. The van der Waals surface area contributed by atoms with Gasteiger partial charge in [0.05, 0.1) is 12.7 Å². The van der Waals surface area contributed by atoms with Crippen molar-refractivity contribution in [3.05, 3.63) is 0 Å². The fraction of sp³-hybridized carbons (Fsp3) is 0.864. The highest BCUT2D eigenvalue weighted by atomic mass is 16.7. The lowest BCUT2D eigenvalue weighted by Crippen LogP contribution is -2.67. The molecule has 2 aliphatic rings. The number of nitrogens with one attached hydrogen (secondary N) is 2. The minimum absolute atomic E-state index is 0.0368. The Morgan fingerprint density at radius 2 is 1.65 bits per heavy atom. The van der Waals surface area contributed by atoms with Gasteiger partial charge in [-0.15, -0.1) is 0 Å². The van der Waals surface area contributed by atoms with Crippen molar-refractivity contribution in [2.75, 3.05) is 19.7 Å². The number of carboxylic acids is 1. The molecule has 2 saturated heterocycles. The number of carbonyl (C=O) groups is 3. The van der Waals surface area contributed by atoms with Crippen molar-refractivity contribution < 1.29 is 58.9 Å². The maximum atomic E-state index is 11.9. The molecule has 214 valence electrons. The first-order valence-electron chi connectivity index (χ1n) is 12.2. The molecule has 0 aliphatic carbocycles. The number of carbonyl (C=O) groups excluding carboxylic acids is 2. The summed E-state index contributed by atoms with van der Waals surface area (Å²) < 4.78 is 22.2. The molecule has 0 radical (unpaired) electrons. The third kappa shape index (κ3) is 8.80. The number of rotatable bonds is 13. The van der Waals surface area contributed by atoms with Gasteiger partial charge in [-0.1, -0.05) is 6.42 Å². The van der Waals surface area contributed by atoms with Crippen LogP contribution in [0.5, 0.6) is 0 Å². The van der Waals surface area contributed by atoms with Gasteiger partial charge in [-0.05, 0) is 26.3 Å². The second-order valence-corrected chi connectivity index (χ2v) is 9.08. The van der Waals surface area contributed by atoms with E-state index in [0.29, 0.717) is 19.4 Å². The molecule has 15 nitrogen and oxygen atoms in total. The van der Waals surface area contributed by atoms with Gasteiger partial charge in [0, 0.05) is 19.9 Å². The predicted octanol–water partition coefficient (Wildman–Crippen LogP) is -3.47. The molecule has 9 N–H and O–H groups in total. The maximum absolute atomic E-state index is 11.9. The summed E-state index contributed by atoms with van der Waals surface area (Å²) in [4.78, 5) is 35.1. The average molecular weight is 538 g/mol. The number of nitrogens with two attached hydrogens (primary N) is 1. The highest BCUT2D eigenvalue weighted by Crippen LogP contribution is 2.29. The number of hydrogen-bond acceptors (Lipinski definition) is 12. The molecule has 0 bridgehead atoms. The van der Waals surface area contributed by atoms with E-state index in [-0.39, 0.29) is 19.1 Å². The Balaban J connectivity index is 2.08. The topological polar surface area (TPSA) is 239 Å². The van der Waals surface area contributed by atoms with Crippen LogP contribution in [-0.4, -0.2) is 124 Å². The van der Waals surface area contributed by atoms with E-state index in [1.54, 1.807) is 0 Å². The van der Waals surface area contributed by atoms with Gasteiger partial charge in [0.1, 0.15) is 36.6 Å². The van der Waals surface area contributed by atoms with Crippen molar-refractivity contribution in [3.63, 3.8) is 0 Å². The van der Waals surface area contributed by atoms with Crippen LogP contribution in [0.4, 0.5) is 0 Å². The highest BCUT2D eigenvalue weighted by molar-refractivity contribution is 5.75. The minimum atomic E-state index is -1.91. The van der Waals surface area contributed by atoms with E-state index < -0.39 is 73.2 Å². The van der Waals surface area contributed by atoms with Crippen LogP contribution in [-0.2, 0) is 33.3 Å². The summed E-state index contributed by atoms with van der Waals surface area (Å²) in [6.45, 7) is 3.05. The molecule has 0 saturated carbocycles. The molecule has 37 heavy (non-hydrogen) atoms. The number of carboxylic acid groups (broad SMARTS) is 1. The van der Waals surface area contributed by atoms with E-state index >= 15 is 0 Å². The van der Waals surface area contributed by atoms with Gasteiger partial charge in [-0.3, -0.25) is 9.59 Å². The summed E-state index contributed by atoms with van der Waals surface area (Å²) in [5.74, 6) is -2.34. The van der Waals surface area contributed by atoms with Gasteiger partial charge in [0.2, 0.25) is 11.8 Å². The third-order valence-electron chi connectivity index (χ3n) is 6.11. The summed E-state index contributed by atoms with van der Waals surface area (Å²) in [6, 6.07) is -1.27. The lowest BCUT2D eigenvalue weighted by atomic mass is 9.96. The van der Waals surface area contributed by atoms with Crippen molar-refractivity contribution in [2.24, 2.45) is 5.73 Å². The zero-order chi connectivity index (χ0) is 27.7. The highest BCUT2D eigenvalue weighted by Gasteiger charge is 2.52. The fourth-order valence-corrected chi connectivity index (χ4v) is 4.07. The predicted molar refractivity (Wildman–Crippen MR) is 124 cm³/mol. The summed E-state index contributed by atoms with van der Waals surface area (Å²) in [5, 5.41) is 56.0. The first-order chi connectivity index (χ1) is 17.5. The summed E-state index contributed by atoms with van der Waals surface area (Å²) >= 11 is 0. The van der Waals surface area contributed by atoms with Crippen LogP contribution in [0.15, 0.2) is 0 Å². The molecule has 15 heteroatoms. The molecule has 2 fully saturated rings. The number of hydrogen-bond donors (Lipinski definition) is 8. The number of amides is 2. The average Bonchev–Trinajstić information content (AvgIpc) is 2.84. The van der Waals surface area contributed by atoms with Crippen molar-refractivity contribution in [1.82, 2.24) is 10.6 Å². The molecule has 0 aromatic carbocycles. The molecule has 2 amide bonds. The van der Waals surface area contributed by atoms with E-state index in [2.05, 4.69) is 10.6 Å². The Hall–Kier alpha value is -1.95. The molecular weight excluding hydrogens is 498 g/mol. The molecule has 10 atom stereocenters. The van der Waals surface area contributed by atoms with Crippen molar-refractivity contribution >= 4 is 17.8 Å². The van der Waals surface area contributed by atoms with E-state index in [9.17, 15) is 39.9 Å². The zero-order valence-corrected chi connectivity index (χ0v) is 20.9. The van der Waals surface area contributed by atoms with Crippen molar-refractivity contribution in [3.8, 4) is 0 Å². The maximum Gasteiger partial charge on any atom is 0.335 e. The van der Waals surface area contributed by atoms with E-state index in [0.717, 1.165) is 12.8 Å². The van der Waals surface area contributed by atoms with Crippen LogP contribution < -0.4 is 16.4 Å². The molecule has 2 rings (SSSR count). The number of unbranched alkanes of at least 4 members (excludes halogenated alkanes) is 2. The lowest BCUT2D eigenvalue weighted by Gasteiger charge is -2.46. The minimum Gasteiger partial charge on any atom is -0.479 e. The normalized spacial score (nSPS) is 36.1. The van der Waals surface area contributed by atoms with Crippen LogP contribution in [0.2, 0.25) is 0 Å². The summed E-state index contributed by atoms with van der Waals surface area (Å²) in [6.07, 6.45) is -11.3. The van der Waals surface area contributed by atoms with Gasteiger partial charge in [0.15, 0.2) is 18.7 Å². The van der Waals surface area contributed by atoms with Crippen LogP contribution in [0.3, 0.4) is 0 Å². The van der Waals surface area contributed by atoms with E-state index in [1.165, 1.54) is 13.8 Å². The van der Waals surface area contributed by atoms with Gasteiger partial charge >= 0.3 is 5.97 Å². The smallest absolute Gasteiger partial charge is 0.335 e. The SMILES string of the molecule is CC(=O)N[C@H]1C(O)[C@H](O)C(C)O[C@H]1OC1C(O)[C@H](O)C(C(=O)O)O[C@H]1OCCNC(=O)CCCCCN. The third-order valence-corrected chi connectivity index (χ3v) is 6.11.